The van der Waals surface area contributed by atoms with Crippen LogP contribution in [-0.4, -0.2) is 44.8 Å². The third kappa shape index (κ3) is 5.97. The molecule has 2 amide bonds. The maximum Gasteiger partial charge on any atom is 0.407 e. The Bertz CT molecular complexity index is 1530. The van der Waals surface area contributed by atoms with Crippen molar-refractivity contribution in [2.24, 2.45) is 16.1 Å². The number of nitrogens with two attached hydrogens (primary N) is 1. The molecule has 9 nitrogen and oxygen atoms in total. The largest absolute Gasteiger partial charge is 0.447 e. The van der Waals surface area contributed by atoms with Gasteiger partial charge in [-0.15, -0.1) is 0 Å². The van der Waals surface area contributed by atoms with Gasteiger partial charge in [0.15, 0.2) is 11.5 Å². The van der Waals surface area contributed by atoms with Gasteiger partial charge in [0.25, 0.3) is 5.91 Å². The van der Waals surface area contributed by atoms with Gasteiger partial charge in [-0.05, 0) is 73.1 Å². The SMILES string of the molecule is CC(C)(C)C[C@]1(c2cc(F)cc(F)c2)N=C(N)N(C(COC(=O)NC2(C)CC2)c2ccc(Cl)c(-n3cccn3)c2)C1=O. The molecule has 2 atom stereocenters. The summed E-state index contributed by atoms with van der Waals surface area (Å²) >= 11 is 6.49. The standard InChI is InChI=1S/C30H33ClF2N6O3/c1-28(2,3)17-30(19-13-20(32)15-21(33)14-19)25(40)39(26(34)36-30)24(16-42-27(41)37-29(4)8-9-29)18-6-7-22(31)23(12-18)38-11-5-10-35-38/h5-7,10-15,24H,8-9,16-17H2,1-4H3,(H2,34,36)(H,37,41)/t24?,30-/m1/s1. The van der Waals surface area contributed by atoms with Crippen LogP contribution < -0.4 is 11.1 Å². The van der Waals surface area contributed by atoms with E-state index in [4.69, 9.17) is 22.1 Å². The Morgan fingerprint density at radius 2 is 1.88 bits per heavy atom. The van der Waals surface area contributed by atoms with Crippen LogP contribution in [0.25, 0.3) is 5.69 Å². The van der Waals surface area contributed by atoms with Gasteiger partial charge in [0.2, 0.25) is 0 Å². The van der Waals surface area contributed by atoms with Crippen molar-refractivity contribution in [1.82, 2.24) is 20.0 Å². The number of aromatic nitrogens is 2. The summed E-state index contributed by atoms with van der Waals surface area (Å²) in [4.78, 5) is 33.0. The average Bonchev–Trinajstić information content (AvgIpc) is 3.27. The van der Waals surface area contributed by atoms with E-state index < -0.39 is 40.6 Å². The molecule has 2 heterocycles. The van der Waals surface area contributed by atoms with E-state index in [1.165, 1.54) is 4.90 Å². The van der Waals surface area contributed by atoms with E-state index in [1.54, 1.807) is 41.3 Å². The molecule has 42 heavy (non-hydrogen) atoms. The van der Waals surface area contributed by atoms with E-state index in [2.05, 4.69) is 15.4 Å². The van der Waals surface area contributed by atoms with Crippen LogP contribution in [0.5, 0.6) is 0 Å². The zero-order valence-corrected chi connectivity index (χ0v) is 24.6. The van der Waals surface area contributed by atoms with Crippen molar-refractivity contribution in [2.75, 3.05) is 6.61 Å². The fourth-order valence-corrected chi connectivity index (χ4v) is 5.46. The Balaban J connectivity index is 1.58. The van der Waals surface area contributed by atoms with E-state index in [1.807, 2.05) is 27.7 Å². The van der Waals surface area contributed by atoms with Crippen molar-refractivity contribution in [3.8, 4) is 5.69 Å². The molecule has 2 aromatic carbocycles. The van der Waals surface area contributed by atoms with E-state index in [9.17, 15) is 18.4 Å². The summed E-state index contributed by atoms with van der Waals surface area (Å²) in [6, 6.07) is 8.76. The zero-order valence-electron chi connectivity index (χ0n) is 23.8. The van der Waals surface area contributed by atoms with Crippen molar-refractivity contribution < 1.29 is 23.1 Å². The quantitative estimate of drug-likeness (QED) is 0.350. The minimum absolute atomic E-state index is 0.0396. The lowest BCUT2D eigenvalue weighted by molar-refractivity contribution is -0.135. The van der Waals surface area contributed by atoms with Gasteiger partial charge in [0, 0.05) is 24.0 Å². The normalized spacial score (nSPS) is 20.3. The van der Waals surface area contributed by atoms with Gasteiger partial charge < -0.3 is 15.8 Å². The molecule has 12 heteroatoms. The molecular formula is C30H33ClF2N6O3. The van der Waals surface area contributed by atoms with Gasteiger partial charge in [-0.1, -0.05) is 38.4 Å². The third-order valence-corrected chi connectivity index (χ3v) is 7.76. The number of carbonyl (C=O) groups is 2. The molecule has 0 radical (unpaired) electrons. The number of benzene rings is 2. The molecule has 3 aromatic rings. The minimum Gasteiger partial charge on any atom is -0.447 e. The number of nitrogens with zero attached hydrogens (tertiary/aromatic N) is 4. The van der Waals surface area contributed by atoms with Crippen LogP contribution in [0.1, 0.15) is 64.1 Å². The number of nitrogens with one attached hydrogen (secondary N) is 1. The Labute approximate surface area is 247 Å². The minimum atomic E-state index is -1.72. The molecule has 1 saturated carbocycles. The summed E-state index contributed by atoms with van der Waals surface area (Å²) in [7, 11) is 0. The number of alkyl carbamates (subject to hydrolysis) is 1. The van der Waals surface area contributed by atoms with E-state index in [0.717, 1.165) is 31.0 Å². The first-order valence-electron chi connectivity index (χ1n) is 13.6. The lowest BCUT2D eigenvalue weighted by Crippen LogP contribution is -2.48. The van der Waals surface area contributed by atoms with Gasteiger partial charge in [-0.2, -0.15) is 5.10 Å². The zero-order chi connectivity index (χ0) is 30.4. The summed E-state index contributed by atoms with van der Waals surface area (Å²) in [5.74, 6) is -2.46. The molecule has 1 aliphatic carbocycles. The summed E-state index contributed by atoms with van der Waals surface area (Å²) < 4.78 is 36.1. The van der Waals surface area contributed by atoms with E-state index >= 15 is 0 Å². The number of carbonyl (C=O) groups excluding carboxylic acids is 2. The Hall–Kier alpha value is -3.99. The Morgan fingerprint density at radius 1 is 1.19 bits per heavy atom. The lowest BCUT2D eigenvalue weighted by atomic mass is 9.75. The van der Waals surface area contributed by atoms with Crippen molar-refractivity contribution in [3.05, 3.63) is 82.6 Å². The highest BCUT2D eigenvalue weighted by Gasteiger charge is 2.53. The number of aliphatic imine (C=N–C) groups is 1. The number of halogens is 3. The molecule has 0 saturated heterocycles. The summed E-state index contributed by atoms with van der Waals surface area (Å²) in [6.45, 7) is 7.31. The van der Waals surface area contributed by atoms with E-state index in [-0.39, 0.29) is 30.1 Å². The fourth-order valence-electron chi connectivity index (χ4n) is 5.26. The maximum absolute atomic E-state index is 14.5. The van der Waals surface area contributed by atoms with Crippen LogP contribution in [-0.2, 0) is 15.1 Å². The molecule has 1 fully saturated rings. The number of ether oxygens (including phenoxy) is 1. The van der Waals surface area contributed by atoms with Crippen LogP contribution in [0.3, 0.4) is 0 Å². The van der Waals surface area contributed by atoms with Gasteiger partial charge in [-0.25, -0.2) is 23.2 Å². The molecule has 2 aliphatic rings. The Morgan fingerprint density at radius 3 is 2.48 bits per heavy atom. The predicted octanol–water partition coefficient (Wildman–Crippen LogP) is 5.61. The van der Waals surface area contributed by atoms with Crippen molar-refractivity contribution in [1.29, 1.82) is 0 Å². The molecule has 1 unspecified atom stereocenters. The number of amides is 2. The number of rotatable bonds is 8. The highest BCUT2D eigenvalue weighted by molar-refractivity contribution is 6.32. The summed E-state index contributed by atoms with van der Waals surface area (Å²) in [5.41, 5.74) is 5.01. The van der Waals surface area contributed by atoms with Gasteiger partial charge >= 0.3 is 6.09 Å². The summed E-state index contributed by atoms with van der Waals surface area (Å²) in [6.07, 6.45) is 4.44. The van der Waals surface area contributed by atoms with Crippen molar-refractivity contribution in [3.63, 3.8) is 0 Å². The van der Waals surface area contributed by atoms with E-state index in [0.29, 0.717) is 16.3 Å². The summed E-state index contributed by atoms with van der Waals surface area (Å²) in [5, 5.41) is 7.48. The molecular weight excluding hydrogens is 566 g/mol. The first-order valence-corrected chi connectivity index (χ1v) is 14.0. The highest BCUT2D eigenvalue weighted by Crippen LogP contribution is 2.45. The van der Waals surface area contributed by atoms with Crippen molar-refractivity contribution in [2.45, 2.75) is 64.1 Å². The monoisotopic (exact) mass is 598 g/mol. The molecule has 222 valence electrons. The number of guanidine groups is 1. The molecule has 0 spiro atoms. The highest BCUT2D eigenvalue weighted by atomic mass is 35.5. The Kier molecular flexibility index (Phi) is 7.51. The molecule has 0 bridgehead atoms. The number of hydrogen-bond acceptors (Lipinski definition) is 6. The second-order valence-corrected chi connectivity index (χ2v) is 12.8. The first kappa shape index (κ1) is 29.5. The van der Waals surface area contributed by atoms with Crippen LogP contribution >= 0.6 is 11.6 Å². The predicted molar refractivity (Wildman–Crippen MR) is 154 cm³/mol. The molecule has 3 N–H and O–H groups in total. The van der Waals surface area contributed by atoms with Gasteiger partial charge in [0.05, 0.1) is 16.8 Å². The first-order chi connectivity index (χ1) is 19.7. The second-order valence-electron chi connectivity index (χ2n) is 12.4. The number of hydrogen-bond donors (Lipinski definition) is 2. The fraction of sp³-hybridized carbons (Fsp3) is 0.400. The van der Waals surface area contributed by atoms with Gasteiger partial charge in [-0.3, -0.25) is 9.69 Å². The van der Waals surface area contributed by atoms with Crippen molar-refractivity contribution >= 4 is 29.6 Å². The van der Waals surface area contributed by atoms with Crippen LogP contribution in [0.4, 0.5) is 13.6 Å². The molecule has 5 rings (SSSR count). The van der Waals surface area contributed by atoms with Crippen LogP contribution in [0, 0.1) is 17.0 Å². The van der Waals surface area contributed by atoms with Crippen LogP contribution in [0.2, 0.25) is 5.02 Å². The smallest absolute Gasteiger partial charge is 0.407 e. The molecule has 1 aromatic heterocycles. The topological polar surface area (TPSA) is 115 Å². The second kappa shape index (κ2) is 10.7. The average molecular weight is 599 g/mol. The molecule has 1 aliphatic heterocycles. The lowest BCUT2D eigenvalue weighted by Gasteiger charge is -2.35. The van der Waals surface area contributed by atoms with Gasteiger partial charge in [0.1, 0.15) is 18.2 Å². The van der Waals surface area contributed by atoms with Crippen LogP contribution in [0.15, 0.2) is 59.9 Å². The third-order valence-electron chi connectivity index (χ3n) is 7.45. The maximum atomic E-state index is 14.5.